The van der Waals surface area contributed by atoms with Gasteiger partial charge in [-0.15, -0.1) is 11.3 Å². The Hall–Kier alpha value is -1.22. The van der Waals surface area contributed by atoms with Crippen LogP contribution in [0.4, 0.5) is 0 Å². The maximum atomic E-state index is 12.7. The number of hydrogen-bond acceptors (Lipinski definition) is 5. The molecule has 6 nitrogen and oxygen atoms in total. The van der Waals surface area contributed by atoms with Crippen LogP contribution in [-0.2, 0) is 23.5 Å². The third-order valence-electron chi connectivity index (χ3n) is 4.24. The molecule has 0 radical (unpaired) electrons. The van der Waals surface area contributed by atoms with E-state index < -0.39 is 10.0 Å². The van der Waals surface area contributed by atoms with E-state index in [0.29, 0.717) is 17.1 Å². The molecule has 8 heteroatoms. The molecule has 23 heavy (non-hydrogen) atoms. The lowest BCUT2D eigenvalue weighted by Gasteiger charge is -2.37. The molecule has 2 aromatic heterocycles. The molecule has 1 saturated carbocycles. The third-order valence-corrected chi connectivity index (χ3v) is 7.40. The number of aliphatic hydroxyl groups excluding tert-OH is 1. The van der Waals surface area contributed by atoms with Crippen LogP contribution in [0, 0.1) is 5.92 Å². The van der Waals surface area contributed by atoms with Crippen molar-refractivity contribution >= 4 is 21.4 Å². The van der Waals surface area contributed by atoms with Gasteiger partial charge >= 0.3 is 0 Å². The molecule has 2 aromatic rings. The van der Waals surface area contributed by atoms with Gasteiger partial charge in [0.2, 0.25) is 0 Å². The topological polar surface area (TPSA) is 84.2 Å². The van der Waals surface area contributed by atoms with Crippen LogP contribution >= 0.6 is 11.3 Å². The first kappa shape index (κ1) is 16.6. The molecule has 0 bridgehead atoms. The van der Waals surface area contributed by atoms with Crippen LogP contribution in [0.3, 0.4) is 0 Å². The normalized spacial score (nSPS) is 22.7. The lowest BCUT2D eigenvalue weighted by molar-refractivity contribution is 0.0280. The smallest absolute Gasteiger partial charge is 0.250 e. The predicted octanol–water partition coefficient (Wildman–Crippen LogP) is 1.83. The number of thiophene rings is 1. The molecule has 0 saturated heterocycles. The standard InChI is InChI=1S/C15H21N3O3S2/c1-3-13-4-5-14(22-13)23(20,21)17-15(10-6-12(19)7-10)11-8-16-18(2)9-11/h4-5,8-10,12,15,17,19H,3,6-7H2,1-2H3/t10?,12?,15-/m1/s1. The second-order valence-corrected chi connectivity index (χ2v) is 9.12. The molecule has 1 aliphatic rings. The molecule has 1 fully saturated rings. The average molecular weight is 355 g/mol. The summed E-state index contributed by atoms with van der Waals surface area (Å²) in [5, 5.41) is 13.7. The van der Waals surface area contributed by atoms with E-state index in [1.807, 2.05) is 19.2 Å². The molecule has 2 N–H and O–H groups in total. The lowest BCUT2D eigenvalue weighted by atomic mass is 9.76. The highest BCUT2D eigenvalue weighted by atomic mass is 32.2. The second-order valence-electron chi connectivity index (χ2n) is 6.01. The van der Waals surface area contributed by atoms with Gasteiger partial charge in [0.15, 0.2) is 0 Å². The molecule has 0 amide bonds. The summed E-state index contributed by atoms with van der Waals surface area (Å²) in [6, 6.07) is 3.15. The zero-order chi connectivity index (χ0) is 16.6. The third kappa shape index (κ3) is 3.50. The molecule has 3 rings (SSSR count). The van der Waals surface area contributed by atoms with Crippen LogP contribution in [0.2, 0.25) is 0 Å². The van der Waals surface area contributed by atoms with Crippen molar-refractivity contribution in [2.24, 2.45) is 13.0 Å². The number of hydrogen-bond donors (Lipinski definition) is 2. The van der Waals surface area contributed by atoms with Crippen LogP contribution < -0.4 is 4.72 Å². The van der Waals surface area contributed by atoms with Crippen molar-refractivity contribution in [1.82, 2.24) is 14.5 Å². The summed E-state index contributed by atoms with van der Waals surface area (Å²) in [6.45, 7) is 2.00. The summed E-state index contributed by atoms with van der Waals surface area (Å²) in [5.74, 6) is 0.0922. The Kier molecular flexibility index (Phi) is 4.59. The van der Waals surface area contributed by atoms with E-state index in [1.165, 1.54) is 11.3 Å². The predicted molar refractivity (Wildman–Crippen MR) is 88.7 cm³/mol. The van der Waals surface area contributed by atoms with Crippen LogP contribution in [-0.4, -0.2) is 29.4 Å². The van der Waals surface area contributed by atoms with Gasteiger partial charge < -0.3 is 5.11 Å². The average Bonchev–Trinajstić information content (AvgIpc) is 3.10. The fraction of sp³-hybridized carbons (Fsp3) is 0.533. The first-order chi connectivity index (χ1) is 10.9. The highest BCUT2D eigenvalue weighted by molar-refractivity contribution is 7.91. The zero-order valence-corrected chi connectivity index (χ0v) is 14.8. The van der Waals surface area contributed by atoms with Gasteiger partial charge in [-0.2, -0.15) is 5.10 Å². The Morgan fingerprint density at radius 2 is 2.22 bits per heavy atom. The van der Waals surface area contributed by atoms with E-state index in [0.717, 1.165) is 16.9 Å². The Balaban J connectivity index is 1.85. The van der Waals surface area contributed by atoms with Gasteiger partial charge in [0.25, 0.3) is 10.0 Å². The van der Waals surface area contributed by atoms with Crippen LogP contribution in [0.5, 0.6) is 0 Å². The zero-order valence-electron chi connectivity index (χ0n) is 13.1. The number of rotatable bonds is 6. The van der Waals surface area contributed by atoms with Gasteiger partial charge in [0.1, 0.15) is 4.21 Å². The molecular formula is C15H21N3O3S2. The van der Waals surface area contributed by atoms with Crippen molar-refractivity contribution in [1.29, 1.82) is 0 Å². The van der Waals surface area contributed by atoms with Crippen LogP contribution in [0.15, 0.2) is 28.7 Å². The molecule has 2 heterocycles. The van der Waals surface area contributed by atoms with Gasteiger partial charge in [-0.05, 0) is 37.3 Å². The van der Waals surface area contributed by atoms with E-state index in [1.54, 1.807) is 24.0 Å². The number of sulfonamides is 1. The number of aliphatic hydroxyl groups is 1. The van der Waals surface area contributed by atoms with E-state index in [4.69, 9.17) is 0 Å². The van der Waals surface area contributed by atoms with Gasteiger partial charge in [-0.1, -0.05) is 6.92 Å². The molecular weight excluding hydrogens is 334 g/mol. The SMILES string of the molecule is CCc1ccc(S(=O)(=O)N[C@@H](c2cnn(C)c2)C2CC(O)C2)s1. The quantitative estimate of drug-likeness (QED) is 0.828. The summed E-state index contributed by atoms with van der Waals surface area (Å²) in [4.78, 5) is 1.04. The fourth-order valence-corrected chi connectivity index (χ4v) is 5.46. The maximum absolute atomic E-state index is 12.7. The van der Waals surface area contributed by atoms with Crippen molar-refractivity contribution in [3.63, 3.8) is 0 Å². The highest BCUT2D eigenvalue weighted by Crippen LogP contribution is 2.39. The van der Waals surface area contributed by atoms with E-state index >= 15 is 0 Å². The highest BCUT2D eigenvalue weighted by Gasteiger charge is 2.38. The van der Waals surface area contributed by atoms with Gasteiger partial charge in [-0.25, -0.2) is 13.1 Å². The van der Waals surface area contributed by atoms with Crippen molar-refractivity contribution in [3.05, 3.63) is 35.0 Å². The van der Waals surface area contributed by atoms with Crippen molar-refractivity contribution in [2.75, 3.05) is 0 Å². The molecule has 126 valence electrons. The number of aryl methyl sites for hydroxylation is 2. The van der Waals surface area contributed by atoms with Crippen LogP contribution in [0.25, 0.3) is 0 Å². The summed E-state index contributed by atoms with van der Waals surface area (Å²) >= 11 is 1.30. The Bertz CT molecular complexity index is 775. The molecule has 0 aliphatic heterocycles. The number of aromatic nitrogens is 2. The largest absolute Gasteiger partial charge is 0.393 e. The maximum Gasteiger partial charge on any atom is 0.250 e. The molecule has 0 spiro atoms. The van der Waals surface area contributed by atoms with Gasteiger partial charge in [-0.3, -0.25) is 4.68 Å². The molecule has 0 unspecified atom stereocenters. The van der Waals surface area contributed by atoms with E-state index in [2.05, 4.69) is 9.82 Å². The fourth-order valence-electron chi connectivity index (χ4n) is 2.86. The minimum absolute atomic E-state index is 0.0922. The van der Waals surface area contributed by atoms with E-state index in [-0.39, 0.29) is 18.1 Å². The summed E-state index contributed by atoms with van der Waals surface area (Å²) in [5.41, 5.74) is 0.834. The molecule has 0 aromatic carbocycles. The molecule has 1 aliphatic carbocycles. The Morgan fingerprint density at radius 1 is 1.48 bits per heavy atom. The summed E-state index contributed by atoms with van der Waals surface area (Å²) in [7, 11) is -1.77. The van der Waals surface area contributed by atoms with Crippen LogP contribution in [0.1, 0.15) is 36.2 Å². The van der Waals surface area contributed by atoms with Crippen molar-refractivity contribution < 1.29 is 13.5 Å². The minimum atomic E-state index is -3.58. The number of nitrogens with one attached hydrogen (secondary N) is 1. The Labute approximate surface area is 140 Å². The Morgan fingerprint density at radius 3 is 2.74 bits per heavy atom. The summed E-state index contributed by atoms with van der Waals surface area (Å²) < 4.78 is 30.2. The van der Waals surface area contributed by atoms with Gasteiger partial charge in [0, 0.05) is 23.7 Å². The van der Waals surface area contributed by atoms with Crippen molar-refractivity contribution in [2.45, 2.75) is 42.5 Å². The number of nitrogens with zero attached hydrogens (tertiary/aromatic N) is 2. The monoisotopic (exact) mass is 355 g/mol. The summed E-state index contributed by atoms with van der Waals surface area (Å²) in [6.07, 6.45) is 5.20. The first-order valence-corrected chi connectivity index (χ1v) is 9.96. The minimum Gasteiger partial charge on any atom is -0.393 e. The second kappa shape index (κ2) is 6.35. The van der Waals surface area contributed by atoms with Crippen molar-refractivity contribution in [3.8, 4) is 0 Å². The van der Waals surface area contributed by atoms with E-state index in [9.17, 15) is 13.5 Å². The van der Waals surface area contributed by atoms with Gasteiger partial charge in [0.05, 0.1) is 18.3 Å². The molecule has 1 atom stereocenters. The lowest BCUT2D eigenvalue weighted by Crippen LogP contribution is -2.41. The first-order valence-electron chi connectivity index (χ1n) is 7.66.